The number of nitrogens with zero attached hydrogens (tertiary/aromatic N) is 1. The molecule has 2 aromatic carbocycles. The van der Waals surface area contributed by atoms with Gasteiger partial charge in [-0.25, -0.2) is 4.39 Å². The summed E-state index contributed by atoms with van der Waals surface area (Å²) in [5.74, 6) is -0.352. The van der Waals surface area contributed by atoms with Crippen LogP contribution in [0.5, 0.6) is 0 Å². The lowest BCUT2D eigenvalue weighted by molar-refractivity contribution is -0.135. The number of halogens is 2. The van der Waals surface area contributed by atoms with Gasteiger partial charge in [-0.05, 0) is 61.2 Å². The van der Waals surface area contributed by atoms with Crippen molar-refractivity contribution in [2.24, 2.45) is 5.92 Å². The monoisotopic (exact) mass is 416 g/mol. The number of aliphatic hydroxyl groups is 1. The molecule has 3 atom stereocenters. The van der Waals surface area contributed by atoms with Crippen LogP contribution in [0.3, 0.4) is 0 Å². The molecule has 0 radical (unpaired) electrons. The number of hydrogen-bond donors (Lipinski definition) is 2. The minimum Gasteiger partial charge on any atom is -0.389 e. The number of benzene rings is 2. The lowest BCUT2D eigenvalue weighted by atomic mass is 9.66. The predicted molar refractivity (Wildman–Crippen MR) is 112 cm³/mol. The van der Waals surface area contributed by atoms with Crippen LogP contribution in [0.2, 0.25) is 5.02 Å². The van der Waals surface area contributed by atoms with Crippen molar-refractivity contribution in [2.75, 3.05) is 18.4 Å². The van der Waals surface area contributed by atoms with Crippen LogP contribution >= 0.6 is 11.6 Å². The molecule has 2 N–H and O–H groups in total. The Bertz CT molecular complexity index is 858. The van der Waals surface area contributed by atoms with Gasteiger partial charge < -0.3 is 10.4 Å². The summed E-state index contributed by atoms with van der Waals surface area (Å²) < 4.78 is 13.5. The summed E-state index contributed by atoms with van der Waals surface area (Å²) in [5.41, 5.74) is 0.945. The molecule has 2 aliphatic rings. The highest BCUT2D eigenvalue weighted by atomic mass is 35.5. The van der Waals surface area contributed by atoms with Gasteiger partial charge in [0.1, 0.15) is 5.82 Å². The van der Waals surface area contributed by atoms with Crippen molar-refractivity contribution in [1.82, 2.24) is 4.90 Å². The van der Waals surface area contributed by atoms with Crippen LogP contribution in [-0.4, -0.2) is 34.6 Å². The van der Waals surface area contributed by atoms with E-state index in [0.29, 0.717) is 23.7 Å². The third kappa shape index (κ3) is 4.47. The van der Waals surface area contributed by atoms with E-state index in [9.17, 15) is 14.3 Å². The van der Waals surface area contributed by atoms with Crippen molar-refractivity contribution in [3.8, 4) is 0 Å². The molecule has 1 saturated carbocycles. The van der Waals surface area contributed by atoms with Crippen molar-refractivity contribution in [3.05, 3.63) is 64.9 Å². The summed E-state index contributed by atoms with van der Waals surface area (Å²) >= 11 is 5.91. The first-order valence-electron chi connectivity index (χ1n) is 10.2. The molecule has 4 rings (SSSR count). The van der Waals surface area contributed by atoms with Crippen molar-refractivity contribution >= 4 is 23.2 Å². The van der Waals surface area contributed by atoms with Gasteiger partial charge in [0.15, 0.2) is 0 Å². The molecule has 1 heterocycles. The summed E-state index contributed by atoms with van der Waals surface area (Å²) in [6.45, 7) is 0.848. The Kier molecular flexibility index (Phi) is 5.91. The van der Waals surface area contributed by atoms with Gasteiger partial charge in [0.05, 0.1) is 12.1 Å². The number of carbonyl (C=O) groups excluding carboxylic acids is 1. The van der Waals surface area contributed by atoms with Crippen LogP contribution in [0.4, 0.5) is 10.1 Å². The number of carbonyl (C=O) groups is 1. The summed E-state index contributed by atoms with van der Waals surface area (Å²) in [7, 11) is 0. The largest absolute Gasteiger partial charge is 0.389 e. The highest BCUT2D eigenvalue weighted by Crippen LogP contribution is 2.49. The number of fused-ring (bicyclic) bond motifs is 1. The number of amides is 1. The van der Waals surface area contributed by atoms with E-state index in [1.54, 1.807) is 36.4 Å². The van der Waals surface area contributed by atoms with Gasteiger partial charge in [-0.3, -0.25) is 9.69 Å². The Morgan fingerprint density at radius 3 is 2.59 bits per heavy atom. The van der Waals surface area contributed by atoms with Gasteiger partial charge >= 0.3 is 0 Å². The molecular weight excluding hydrogens is 391 g/mol. The molecule has 6 heteroatoms. The number of likely N-dealkylation sites (tertiary alicyclic amines) is 1. The average Bonchev–Trinajstić information content (AvgIpc) is 2.70. The minimum atomic E-state index is -0.708. The Balaban J connectivity index is 1.56. The van der Waals surface area contributed by atoms with E-state index in [0.717, 1.165) is 31.2 Å². The third-order valence-corrected chi connectivity index (χ3v) is 6.61. The first-order chi connectivity index (χ1) is 13.9. The minimum absolute atomic E-state index is 0.0405. The summed E-state index contributed by atoms with van der Waals surface area (Å²) in [6, 6.07) is 13.4. The molecule has 29 heavy (non-hydrogen) atoms. The zero-order valence-corrected chi connectivity index (χ0v) is 17.0. The van der Waals surface area contributed by atoms with E-state index < -0.39 is 5.60 Å². The van der Waals surface area contributed by atoms with Crippen molar-refractivity contribution in [3.63, 3.8) is 0 Å². The second-order valence-electron chi connectivity index (χ2n) is 8.23. The lowest BCUT2D eigenvalue weighted by Crippen LogP contribution is -2.56. The quantitative estimate of drug-likeness (QED) is 0.753. The number of rotatable bonds is 4. The average molecular weight is 417 g/mol. The number of hydrogen-bond acceptors (Lipinski definition) is 3. The fourth-order valence-electron chi connectivity index (χ4n) is 4.94. The molecule has 4 nitrogen and oxygen atoms in total. The fourth-order valence-corrected chi connectivity index (χ4v) is 5.07. The first-order valence-corrected chi connectivity index (χ1v) is 10.6. The Morgan fingerprint density at radius 1 is 1.14 bits per heavy atom. The maximum Gasteiger partial charge on any atom is 0.238 e. The highest BCUT2D eigenvalue weighted by molar-refractivity contribution is 6.30. The third-order valence-electron chi connectivity index (χ3n) is 6.36. The molecular formula is C23H26ClFN2O2. The Hall–Kier alpha value is -1.95. The SMILES string of the molecule is O=C(CN1CC[C@]2(O)CCCC[C@H]2[C@@H]1c1ccc(F)cc1)Nc1ccc(Cl)cc1. The van der Waals surface area contributed by atoms with Gasteiger partial charge in [0, 0.05) is 29.2 Å². The molecule has 0 unspecified atom stereocenters. The summed E-state index contributed by atoms with van der Waals surface area (Å²) in [5, 5.41) is 14.8. The number of nitrogens with one attached hydrogen (secondary N) is 1. The molecule has 0 aromatic heterocycles. The smallest absolute Gasteiger partial charge is 0.238 e. The van der Waals surface area contributed by atoms with Crippen molar-refractivity contribution < 1.29 is 14.3 Å². The summed E-state index contributed by atoms with van der Waals surface area (Å²) in [6.07, 6.45) is 4.45. The zero-order valence-electron chi connectivity index (χ0n) is 16.3. The van der Waals surface area contributed by atoms with Crippen LogP contribution in [-0.2, 0) is 4.79 Å². The van der Waals surface area contributed by atoms with Crippen LogP contribution in [0.15, 0.2) is 48.5 Å². The maximum absolute atomic E-state index is 13.5. The molecule has 2 fully saturated rings. The molecule has 1 saturated heterocycles. The molecule has 1 aliphatic heterocycles. The molecule has 0 spiro atoms. The van der Waals surface area contributed by atoms with Crippen molar-refractivity contribution in [2.45, 2.75) is 43.7 Å². The second-order valence-corrected chi connectivity index (χ2v) is 8.66. The van der Waals surface area contributed by atoms with Crippen LogP contribution in [0.1, 0.15) is 43.7 Å². The first kappa shape index (κ1) is 20.3. The van der Waals surface area contributed by atoms with Gasteiger partial charge in [0.25, 0.3) is 0 Å². The fraction of sp³-hybridized carbons (Fsp3) is 0.435. The van der Waals surface area contributed by atoms with E-state index in [1.807, 2.05) is 0 Å². The van der Waals surface area contributed by atoms with E-state index in [2.05, 4.69) is 10.2 Å². The molecule has 154 valence electrons. The normalized spacial score (nSPS) is 27.3. The molecule has 0 bridgehead atoms. The molecule has 1 aliphatic carbocycles. The second kappa shape index (κ2) is 8.42. The maximum atomic E-state index is 13.5. The highest BCUT2D eigenvalue weighted by Gasteiger charge is 2.49. The Labute approximate surface area is 175 Å². The van der Waals surface area contributed by atoms with Crippen LogP contribution in [0.25, 0.3) is 0 Å². The van der Waals surface area contributed by atoms with Gasteiger partial charge in [-0.15, -0.1) is 0 Å². The van der Waals surface area contributed by atoms with E-state index in [-0.39, 0.29) is 30.2 Å². The number of piperidine rings is 1. The summed E-state index contributed by atoms with van der Waals surface area (Å²) in [4.78, 5) is 14.9. The van der Waals surface area contributed by atoms with E-state index in [1.165, 1.54) is 12.1 Å². The van der Waals surface area contributed by atoms with Gasteiger partial charge in [-0.2, -0.15) is 0 Å². The van der Waals surface area contributed by atoms with Gasteiger partial charge in [0.2, 0.25) is 5.91 Å². The lowest BCUT2D eigenvalue weighted by Gasteiger charge is -2.52. The van der Waals surface area contributed by atoms with Crippen LogP contribution in [0, 0.1) is 11.7 Å². The standard InChI is InChI=1S/C23H26ClFN2O2/c24-17-6-10-19(11-7-17)26-21(28)15-27-14-13-23(29)12-2-1-3-20(23)22(27)16-4-8-18(25)9-5-16/h4-11,20,22,29H,1-3,12-15H2,(H,26,28)/t20-,22-,23+/m0/s1. The topological polar surface area (TPSA) is 52.6 Å². The Morgan fingerprint density at radius 2 is 1.86 bits per heavy atom. The zero-order chi connectivity index (χ0) is 20.4. The van der Waals surface area contributed by atoms with Crippen LogP contribution < -0.4 is 5.32 Å². The molecule has 2 aromatic rings. The van der Waals surface area contributed by atoms with Gasteiger partial charge in [-0.1, -0.05) is 36.6 Å². The van der Waals surface area contributed by atoms with Crippen molar-refractivity contribution in [1.29, 1.82) is 0 Å². The number of anilines is 1. The predicted octanol–water partition coefficient (Wildman–Crippen LogP) is 4.79. The van der Waals surface area contributed by atoms with E-state index in [4.69, 9.17) is 11.6 Å². The van der Waals surface area contributed by atoms with E-state index >= 15 is 0 Å². The molecule has 1 amide bonds.